The number of ether oxygens (including phenoxy) is 1. The van der Waals surface area contributed by atoms with Gasteiger partial charge >= 0.3 is 0 Å². The van der Waals surface area contributed by atoms with E-state index in [1.54, 1.807) is 11.3 Å². The van der Waals surface area contributed by atoms with E-state index in [4.69, 9.17) is 4.74 Å². The standard InChI is InChI=1S/C16H24N2O3S/c1-2-13(19)10-17-4-6-18(7-5-17)16(20)15-9-12-11-21-8-3-14(12)22-15/h9,13,19H,2-8,10-11H2,1H3. The summed E-state index contributed by atoms with van der Waals surface area (Å²) in [7, 11) is 0. The van der Waals surface area contributed by atoms with Gasteiger partial charge in [-0.25, -0.2) is 0 Å². The molecule has 0 aromatic carbocycles. The highest BCUT2D eigenvalue weighted by molar-refractivity contribution is 7.14. The first-order valence-electron chi connectivity index (χ1n) is 8.06. The first-order chi connectivity index (χ1) is 10.7. The molecular weight excluding hydrogens is 300 g/mol. The normalized spacial score (nSPS) is 20.7. The van der Waals surface area contributed by atoms with Crippen LogP contribution in [-0.4, -0.2) is 66.2 Å². The second kappa shape index (κ2) is 7.08. The van der Waals surface area contributed by atoms with Crippen molar-refractivity contribution in [3.63, 3.8) is 0 Å². The minimum absolute atomic E-state index is 0.148. The van der Waals surface area contributed by atoms with Crippen molar-refractivity contribution < 1.29 is 14.6 Å². The number of nitrogens with zero attached hydrogens (tertiary/aromatic N) is 2. The second-order valence-corrected chi connectivity index (χ2v) is 7.15. The Balaban J connectivity index is 1.56. The Kier molecular flexibility index (Phi) is 5.13. The van der Waals surface area contributed by atoms with Crippen molar-refractivity contribution in [2.75, 3.05) is 39.3 Å². The molecule has 0 aliphatic carbocycles. The zero-order valence-electron chi connectivity index (χ0n) is 13.1. The van der Waals surface area contributed by atoms with Crippen molar-refractivity contribution in [2.45, 2.75) is 32.5 Å². The summed E-state index contributed by atoms with van der Waals surface area (Å²) in [6, 6.07) is 2.01. The molecule has 3 rings (SSSR count). The van der Waals surface area contributed by atoms with E-state index in [1.807, 2.05) is 17.9 Å². The quantitative estimate of drug-likeness (QED) is 0.908. The highest BCUT2D eigenvalue weighted by Gasteiger charge is 2.25. The molecule has 1 saturated heterocycles. The highest BCUT2D eigenvalue weighted by Crippen LogP contribution is 2.28. The van der Waals surface area contributed by atoms with Crippen molar-refractivity contribution in [2.24, 2.45) is 0 Å². The lowest BCUT2D eigenvalue weighted by Crippen LogP contribution is -2.50. The van der Waals surface area contributed by atoms with Crippen LogP contribution in [0.4, 0.5) is 0 Å². The highest BCUT2D eigenvalue weighted by atomic mass is 32.1. The fourth-order valence-corrected chi connectivity index (χ4v) is 4.09. The number of amides is 1. The van der Waals surface area contributed by atoms with Crippen molar-refractivity contribution in [1.29, 1.82) is 0 Å². The Labute approximate surface area is 135 Å². The van der Waals surface area contributed by atoms with Gasteiger partial charge in [0.25, 0.3) is 5.91 Å². The topological polar surface area (TPSA) is 53.0 Å². The van der Waals surface area contributed by atoms with Gasteiger partial charge in [0.1, 0.15) is 0 Å². The van der Waals surface area contributed by atoms with Gasteiger partial charge in [-0.2, -0.15) is 0 Å². The Morgan fingerprint density at radius 3 is 2.86 bits per heavy atom. The summed E-state index contributed by atoms with van der Waals surface area (Å²) in [5.41, 5.74) is 1.18. The van der Waals surface area contributed by atoms with Gasteiger partial charge < -0.3 is 14.7 Å². The van der Waals surface area contributed by atoms with Crippen LogP contribution in [0.25, 0.3) is 0 Å². The molecule has 1 aromatic rings. The molecule has 0 spiro atoms. The Bertz CT molecular complexity index is 500. The zero-order valence-corrected chi connectivity index (χ0v) is 13.9. The summed E-state index contributed by atoms with van der Waals surface area (Å²) >= 11 is 1.63. The average molecular weight is 324 g/mol. The maximum absolute atomic E-state index is 12.6. The second-order valence-electron chi connectivity index (χ2n) is 6.02. The molecule has 1 fully saturated rings. The smallest absolute Gasteiger partial charge is 0.264 e. The van der Waals surface area contributed by atoms with E-state index in [0.29, 0.717) is 13.2 Å². The average Bonchev–Trinajstić information content (AvgIpc) is 2.98. The van der Waals surface area contributed by atoms with Crippen molar-refractivity contribution in [3.05, 3.63) is 21.4 Å². The molecule has 5 nitrogen and oxygen atoms in total. The van der Waals surface area contributed by atoms with Gasteiger partial charge in [0.05, 0.1) is 24.2 Å². The minimum Gasteiger partial charge on any atom is -0.392 e. The fraction of sp³-hybridized carbons (Fsp3) is 0.688. The van der Waals surface area contributed by atoms with Gasteiger partial charge in [0, 0.05) is 44.0 Å². The summed E-state index contributed by atoms with van der Waals surface area (Å²) in [5.74, 6) is 0.148. The van der Waals surface area contributed by atoms with Crippen LogP contribution in [-0.2, 0) is 17.8 Å². The van der Waals surface area contributed by atoms with Crippen molar-refractivity contribution in [3.8, 4) is 0 Å². The number of aliphatic hydroxyl groups excluding tert-OH is 1. The van der Waals surface area contributed by atoms with E-state index >= 15 is 0 Å². The van der Waals surface area contributed by atoms with Gasteiger partial charge in [-0.1, -0.05) is 6.92 Å². The van der Waals surface area contributed by atoms with Crippen LogP contribution in [0.1, 0.15) is 33.5 Å². The maximum Gasteiger partial charge on any atom is 0.264 e. The van der Waals surface area contributed by atoms with Gasteiger partial charge in [-0.15, -0.1) is 11.3 Å². The van der Waals surface area contributed by atoms with Gasteiger partial charge in [0.2, 0.25) is 0 Å². The Morgan fingerprint density at radius 1 is 1.41 bits per heavy atom. The SMILES string of the molecule is CCC(O)CN1CCN(C(=O)c2cc3c(s2)CCOC3)CC1. The van der Waals surface area contributed by atoms with Gasteiger partial charge in [-0.05, 0) is 18.1 Å². The van der Waals surface area contributed by atoms with Gasteiger partial charge in [0.15, 0.2) is 0 Å². The largest absolute Gasteiger partial charge is 0.392 e. The van der Waals surface area contributed by atoms with Crippen molar-refractivity contribution in [1.82, 2.24) is 9.80 Å². The summed E-state index contributed by atoms with van der Waals surface area (Å²) in [4.78, 5) is 19.0. The predicted octanol–water partition coefficient (Wildman–Crippen LogP) is 1.35. The molecule has 1 amide bonds. The molecule has 3 heterocycles. The summed E-state index contributed by atoms with van der Waals surface area (Å²) in [5, 5.41) is 9.72. The number of hydrogen-bond donors (Lipinski definition) is 1. The monoisotopic (exact) mass is 324 g/mol. The Morgan fingerprint density at radius 2 is 2.18 bits per heavy atom. The van der Waals surface area contributed by atoms with Crippen LogP contribution in [0.15, 0.2) is 6.07 Å². The number of fused-ring (bicyclic) bond motifs is 1. The number of hydrogen-bond acceptors (Lipinski definition) is 5. The molecule has 1 unspecified atom stereocenters. The number of carbonyl (C=O) groups excluding carboxylic acids is 1. The first kappa shape index (κ1) is 15.9. The number of β-amino-alcohol motifs (C(OH)–C–C–N with tert-alkyl or cyclic N) is 1. The van der Waals surface area contributed by atoms with E-state index in [0.717, 1.165) is 50.5 Å². The van der Waals surface area contributed by atoms with E-state index in [1.165, 1.54) is 10.4 Å². The third-order valence-corrected chi connectivity index (χ3v) is 5.66. The van der Waals surface area contributed by atoms with Crippen LogP contribution >= 0.6 is 11.3 Å². The maximum atomic E-state index is 12.6. The third kappa shape index (κ3) is 3.51. The third-order valence-electron chi connectivity index (χ3n) is 4.44. The van der Waals surface area contributed by atoms with Crippen LogP contribution in [0.5, 0.6) is 0 Å². The lowest BCUT2D eigenvalue weighted by Gasteiger charge is -2.35. The van der Waals surface area contributed by atoms with E-state index in [2.05, 4.69) is 4.90 Å². The summed E-state index contributed by atoms with van der Waals surface area (Å²) < 4.78 is 5.45. The number of carbonyl (C=O) groups is 1. The van der Waals surface area contributed by atoms with Crippen LogP contribution in [0.3, 0.4) is 0 Å². The summed E-state index contributed by atoms with van der Waals surface area (Å²) in [6.07, 6.45) is 1.45. The number of piperazine rings is 1. The zero-order chi connectivity index (χ0) is 15.5. The van der Waals surface area contributed by atoms with Crippen LogP contribution < -0.4 is 0 Å². The Hall–Kier alpha value is -0.950. The van der Waals surface area contributed by atoms with E-state index in [-0.39, 0.29) is 12.0 Å². The van der Waals surface area contributed by atoms with E-state index in [9.17, 15) is 9.90 Å². The first-order valence-corrected chi connectivity index (χ1v) is 8.88. The molecule has 1 atom stereocenters. The molecule has 122 valence electrons. The molecule has 22 heavy (non-hydrogen) atoms. The van der Waals surface area contributed by atoms with Crippen molar-refractivity contribution >= 4 is 17.2 Å². The molecule has 0 saturated carbocycles. The minimum atomic E-state index is -0.258. The molecule has 2 aliphatic rings. The number of rotatable bonds is 4. The molecule has 1 aromatic heterocycles. The molecular formula is C16H24N2O3S. The van der Waals surface area contributed by atoms with Crippen LogP contribution in [0.2, 0.25) is 0 Å². The van der Waals surface area contributed by atoms with E-state index < -0.39 is 0 Å². The number of aliphatic hydroxyl groups is 1. The fourth-order valence-electron chi connectivity index (χ4n) is 2.97. The molecule has 0 radical (unpaired) electrons. The molecule has 6 heteroatoms. The summed E-state index contributed by atoms with van der Waals surface area (Å²) in [6.45, 7) is 7.29. The molecule has 1 N–H and O–H groups in total. The number of thiophene rings is 1. The van der Waals surface area contributed by atoms with Gasteiger partial charge in [-0.3, -0.25) is 9.69 Å². The molecule has 0 bridgehead atoms. The van der Waals surface area contributed by atoms with Crippen LogP contribution in [0, 0.1) is 0 Å². The predicted molar refractivity (Wildman–Crippen MR) is 86.3 cm³/mol. The lowest BCUT2D eigenvalue weighted by molar-refractivity contribution is 0.0527. The lowest BCUT2D eigenvalue weighted by atomic mass is 10.2. The molecule has 2 aliphatic heterocycles.